The summed E-state index contributed by atoms with van der Waals surface area (Å²) in [5, 5.41) is 9.29. The number of aliphatic carboxylic acids is 1. The molecule has 118 valence electrons. The summed E-state index contributed by atoms with van der Waals surface area (Å²) >= 11 is 0. The molecule has 1 saturated carbocycles. The van der Waals surface area contributed by atoms with Crippen LogP contribution in [0.2, 0.25) is 0 Å². The van der Waals surface area contributed by atoms with Gasteiger partial charge in [-0.15, -0.1) is 0 Å². The molecule has 6 heteroatoms. The molecular formula is C16H17F2NO3. The Morgan fingerprint density at radius 3 is 2.36 bits per heavy atom. The van der Waals surface area contributed by atoms with Crippen LogP contribution in [0.5, 0.6) is 0 Å². The number of rotatable bonds is 3. The van der Waals surface area contributed by atoms with E-state index in [-0.39, 0.29) is 30.9 Å². The smallest absolute Gasteiger partial charge is 0.310 e. The van der Waals surface area contributed by atoms with Gasteiger partial charge in [-0.05, 0) is 37.0 Å². The first kappa shape index (κ1) is 14.9. The summed E-state index contributed by atoms with van der Waals surface area (Å²) in [5.74, 6) is -2.21. The van der Waals surface area contributed by atoms with Crippen LogP contribution in [0.4, 0.5) is 8.78 Å². The molecule has 1 fully saturated rings. The molecule has 0 atom stereocenters. The minimum absolute atomic E-state index is 0.00740. The van der Waals surface area contributed by atoms with Gasteiger partial charge in [0, 0.05) is 25.1 Å². The molecule has 0 aromatic heterocycles. The third-order valence-electron chi connectivity index (χ3n) is 4.90. The summed E-state index contributed by atoms with van der Waals surface area (Å²) in [5.41, 5.74) is -0.434. The second-order valence-corrected chi connectivity index (χ2v) is 6.17. The van der Waals surface area contributed by atoms with Gasteiger partial charge in [0.25, 0.3) is 0 Å². The molecule has 0 bridgehead atoms. The van der Waals surface area contributed by atoms with E-state index < -0.39 is 23.0 Å². The molecule has 22 heavy (non-hydrogen) atoms. The van der Waals surface area contributed by atoms with E-state index in [2.05, 4.69) is 0 Å². The van der Waals surface area contributed by atoms with Gasteiger partial charge in [0.05, 0.1) is 5.41 Å². The largest absolute Gasteiger partial charge is 0.481 e. The predicted molar refractivity (Wildman–Crippen MR) is 74.0 cm³/mol. The molecule has 1 amide bonds. The number of carboxylic acid groups (broad SMARTS) is 1. The lowest BCUT2D eigenvalue weighted by Crippen LogP contribution is -2.45. The number of benzene rings is 1. The van der Waals surface area contributed by atoms with E-state index in [1.54, 1.807) is 0 Å². The van der Waals surface area contributed by atoms with Crippen LogP contribution < -0.4 is 0 Å². The van der Waals surface area contributed by atoms with Crippen molar-refractivity contribution in [2.24, 2.45) is 5.41 Å². The number of fused-ring (bicyclic) bond motifs is 1. The number of nitrogens with zero attached hydrogens (tertiary/aromatic N) is 1. The number of amides is 1. The third-order valence-corrected chi connectivity index (χ3v) is 4.90. The van der Waals surface area contributed by atoms with Crippen molar-refractivity contribution in [1.82, 2.24) is 4.90 Å². The molecule has 4 nitrogen and oxygen atoms in total. The maximum absolute atomic E-state index is 13.8. The highest BCUT2D eigenvalue weighted by Gasteiger charge is 2.46. The molecule has 0 saturated heterocycles. The average molecular weight is 309 g/mol. The molecule has 2 aliphatic rings. The van der Waals surface area contributed by atoms with Crippen molar-refractivity contribution in [3.8, 4) is 0 Å². The van der Waals surface area contributed by atoms with E-state index in [0.717, 1.165) is 18.6 Å². The van der Waals surface area contributed by atoms with Gasteiger partial charge in [0.1, 0.15) is 11.6 Å². The maximum atomic E-state index is 13.8. The molecule has 1 aliphatic heterocycles. The van der Waals surface area contributed by atoms with Gasteiger partial charge in [-0.25, -0.2) is 8.78 Å². The lowest BCUT2D eigenvalue weighted by atomic mass is 9.66. The fraction of sp³-hybridized carbons (Fsp3) is 0.500. The van der Waals surface area contributed by atoms with E-state index in [0.29, 0.717) is 24.9 Å². The molecule has 1 heterocycles. The Bertz CT molecular complexity index is 641. The predicted octanol–water partition coefficient (Wildman–Crippen LogP) is 2.49. The van der Waals surface area contributed by atoms with Gasteiger partial charge in [-0.3, -0.25) is 9.59 Å². The number of carboxylic acids is 1. The van der Waals surface area contributed by atoms with Crippen molar-refractivity contribution in [2.75, 3.05) is 6.54 Å². The normalized spacial score (nSPS) is 19.3. The summed E-state index contributed by atoms with van der Waals surface area (Å²) in [7, 11) is 0. The standard InChI is InChI=1S/C16H17F2NO3/c17-12-2-3-13(18)11-9-19(7-4-10(11)12)14(20)8-16(15(21)22)5-1-6-16/h2-3H,1,4-9H2,(H,21,22). The van der Waals surface area contributed by atoms with Crippen molar-refractivity contribution >= 4 is 11.9 Å². The van der Waals surface area contributed by atoms with Crippen LogP contribution in [0.25, 0.3) is 0 Å². The summed E-state index contributed by atoms with van der Waals surface area (Å²) in [6.07, 6.45) is 2.00. The Hall–Kier alpha value is -1.98. The second kappa shape index (κ2) is 5.34. The zero-order valence-electron chi connectivity index (χ0n) is 12.1. The zero-order valence-corrected chi connectivity index (χ0v) is 12.1. The molecule has 0 unspecified atom stereocenters. The molecule has 0 radical (unpaired) electrons. The summed E-state index contributed by atoms with van der Waals surface area (Å²) < 4.78 is 27.5. The summed E-state index contributed by atoms with van der Waals surface area (Å²) in [4.78, 5) is 25.1. The highest BCUT2D eigenvalue weighted by atomic mass is 19.1. The van der Waals surface area contributed by atoms with Crippen LogP contribution in [-0.4, -0.2) is 28.4 Å². The van der Waals surface area contributed by atoms with E-state index in [9.17, 15) is 23.5 Å². The number of halogens is 2. The van der Waals surface area contributed by atoms with Crippen LogP contribution in [0.3, 0.4) is 0 Å². The van der Waals surface area contributed by atoms with E-state index in [1.165, 1.54) is 4.90 Å². The van der Waals surface area contributed by atoms with Crippen LogP contribution >= 0.6 is 0 Å². The first-order valence-corrected chi connectivity index (χ1v) is 7.40. The first-order chi connectivity index (χ1) is 10.4. The maximum Gasteiger partial charge on any atom is 0.310 e. The van der Waals surface area contributed by atoms with E-state index >= 15 is 0 Å². The SMILES string of the molecule is O=C(CC1(C(=O)O)CCC1)N1CCc2c(F)ccc(F)c2C1. The summed E-state index contributed by atoms with van der Waals surface area (Å²) in [6, 6.07) is 2.16. The topological polar surface area (TPSA) is 57.6 Å². The Morgan fingerprint density at radius 2 is 1.82 bits per heavy atom. The van der Waals surface area contributed by atoms with Gasteiger partial charge < -0.3 is 10.0 Å². The number of carbonyl (C=O) groups is 2. The van der Waals surface area contributed by atoms with Gasteiger partial charge in [0.15, 0.2) is 0 Å². The quantitative estimate of drug-likeness (QED) is 0.933. The van der Waals surface area contributed by atoms with Crippen molar-refractivity contribution in [3.63, 3.8) is 0 Å². The van der Waals surface area contributed by atoms with Gasteiger partial charge >= 0.3 is 5.97 Å². The van der Waals surface area contributed by atoms with E-state index in [4.69, 9.17) is 0 Å². The third kappa shape index (κ3) is 2.36. The van der Waals surface area contributed by atoms with Crippen LogP contribution in [0.1, 0.15) is 36.8 Å². The Labute approximate surface area is 126 Å². The fourth-order valence-electron chi connectivity index (χ4n) is 3.28. The first-order valence-electron chi connectivity index (χ1n) is 7.40. The van der Waals surface area contributed by atoms with Crippen molar-refractivity contribution in [1.29, 1.82) is 0 Å². The molecule has 1 aromatic rings. The number of hydrogen-bond acceptors (Lipinski definition) is 2. The van der Waals surface area contributed by atoms with Crippen LogP contribution in [-0.2, 0) is 22.6 Å². The number of hydrogen-bond donors (Lipinski definition) is 1. The van der Waals surface area contributed by atoms with Gasteiger partial charge in [0.2, 0.25) is 5.91 Å². The molecule has 0 spiro atoms. The summed E-state index contributed by atoms with van der Waals surface area (Å²) in [6.45, 7) is 0.301. The minimum Gasteiger partial charge on any atom is -0.481 e. The van der Waals surface area contributed by atoms with Crippen molar-refractivity contribution < 1.29 is 23.5 Å². The van der Waals surface area contributed by atoms with Gasteiger partial charge in [-0.2, -0.15) is 0 Å². The van der Waals surface area contributed by atoms with Crippen molar-refractivity contribution in [3.05, 3.63) is 34.9 Å². The van der Waals surface area contributed by atoms with Gasteiger partial charge in [-0.1, -0.05) is 6.42 Å². The van der Waals surface area contributed by atoms with Crippen molar-refractivity contribution in [2.45, 2.75) is 38.6 Å². The molecule has 1 N–H and O–H groups in total. The molecule has 1 aliphatic carbocycles. The Morgan fingerprint density at radius 1 is 1.18 bits per heavy atom. The minimum atomic E-state index is -0.960. The van der Waals surface area contributed by atoms with Crippen LogP contribution in [0.15, 0.2) is 12.1 Å². The van der Waals surface area contributed by atoms with Crippen LogP contribution in [0, 0.1) is 17.0 Å². The fourth-order valence-corrected chi connectivity index (χ4v) is 3.28. The zero-order chi connectivity index (χ0) is 15.9. The Kier molecular flexibility index (Phi) is 3.62. The highest BCUT2D eigenvalue weighted by molar-refractivity contribution is 5.85. The highest BCUT2D eigenvalue weighted by Crippen LogP contribution is 2.44. The lowest BCUT2D eigenvalue weighted by molar-refractivity contribution is -0.159. The molecule has 1 aromatic carbocycles. The molecule has 3 rings (SSSR count). The Balaban J connectivity index is 1.76. The van der Waals surface area contributed by atoms with E-state index in [1.807, 2.05) is 0 Å². The average Bonchev–Trinajstić information content (AvgIpc) is 2.46. The molecular weight excluding hydrogens is 292 g/mol. The second-order valence-electron chi connectivity index (χ2n) is 6.17. The lowest BCUT2D eigenvalue weighted by Gasteiger charge is -2.39. The monoisotopic (exact) mass is 309 g/mol. The number of carbonyl (C=O) groups excluding carboxylic acids is 1.